The Morgan fingerprint density at radius 3 is 2.76 bits per heavy atom. The van der Waals surface area contributed by atoms with Crippen LogP contribution in [0.3, 0.4) is 0 Å². The number of thiazole rings is 1. The molecule has 1 amide bonds. The van der Waals surface area contributed by atoms with Crippen LogP contribution in [-0.2, 0) is 13.0 Å². The first-order valence-corrected chi connectivity index (χ1v) is 11.4. The number of fused-ring (bicyclic) bond motifs is 1. The number of pyridine rings is 1. The van der Waals surface area contributed by atoms with Crippen LogP contribution >= 0.6 is 22.9 Å². The Morgan fingerprint density at radius 1 is 1.09 bits per heavy atom. The van der Waals surface area contributed by atoms with Gasteiger partial charge in [0.2, 0.25) is 5.95 Å². The van der Waals surface area contributed by atoms with Crippen LogP contribution in [0.25, 0.3) is 21.6 Å². The van der Waals surface area contributed by atoms with Crippen molar-refractivity contribution in [2.75, 3.05) is 5.32 Å². The molecule has 5 rings (SSSR count). The van der Waals surface area contributed by atoms with Crippen molar-refractivity contribution in [3.8, 4) is 10.6 Å². The van der Waals surface area contributed by atoms with Crippen LogP contribution in [0.15, 0.2) is 72.2 Å². The maximum atomic E-state index is 13.5. The normalized spacial score (nSPS) is 11.1. The molecule has 164 valence electrons. The lowest BCUT2D eigenvalue weighted by Crippen LogP contribution is -2.17. The molecule has 0 bridgehead atoms. The quantitative estimate of drug-likeness (QED) is 0.333. The number of rotatable bonds is 6. The third-order valence-corrected chi connectivity index (χ3v) is 6.28. The first-order valence-electron chi connectivity index (χ1n) is 10.2. The van der Waals surface area contributed by atoms with Gasteiger partial charge in [-0.25, -0.2) is 14.4 Å². The number of carbonyl (C=O) groups excluding carboxylic acids is 1. The van der Waals surface area contributed by atoms with Gasteiger partial charge in [0, 0.05) is 35.8 Å². The molecule has 0 unspecified atom stereocenters. The second-order valence-corrected chi connectivity index (χ2v) is 8.53. The molecule has 0 spiro atoms. The van der Waals surface area contributed by atoms with Gasteiger partial charge in [0.25, 0.3) is 5.91 Å². The molecule has 5 aromatic rings. The van der Waals surface area contributed by atoms with E-state index in [1.807, 2.05) is 47.0 Å². The highest BCUT2D eigenvalue weighted by Gasteiger charge is 2.17. The van der Waals surface area contributed by atoms with E-state index in [0.29, 0.717) is 29.5 Å². The molecule has 9 heteroatoms. The largest absolute Gasteiger partial charge is 0.310 e. The van der Waals surface area contributed by atoms with Crippen molar-refractivity contribution in [2.45, 2.75) is 13.0 Å². The summed E-state index contributed by atoms with van der Waals surface area (Å²) in [7, 11) is 0. The second kappa shape index (κ2) is 9.09. The molecule has 33 heavy (non-hydrogen) atoms. The predicted octanol–water partition coefficient (Wildman–Crippen LogP) is 5.84. The Kier molecular flexibility index (Phi) is 5.85. The molecule has 0 fully saturated rings. The predicted molar refractivity (Wildman–Crippen MR) is 128 cm³/mol. The number of hydrogen-bond donors (Lipinski definition) is 1. The Labute approximate surface area is 197 Å². The zero-order chi connectivity index (χ0) is 22.8. The smallest absolute Gasteiger partial charge is 0.277 e. The summed E-state index contributed by atoms with van der Waals surface area (Å²) in [5.74, 6) is -0.434. The lowest BCUT2D eigenvalue weighted by Gasteiger charge is -2.09. The molecule has 0 saturated heterocycles. The molecule has 3 aromatic heterocycles. The number of aryl methyl sites for hydroxylation is 2. The number of hydrogen-bond acceptors (Lipinski definition) is 5. The summed E-state index contributed by atoms with van der Waals surface area (Å²) in [5.41, 5.74) is 3.55. The first-order chi connectivity index (χ1) is 16.1. The zero-order valence-corrected chi connectivity index (χ0v) is 18.8. The average Bonchev–Trinajstić information content (AvgIpc) is 3.45. The van der Waals surface area contributed by atoms with E-state index in [4.69, 9.17) is 11.6 Å². The van der Waals surface area contributed by atoms with E-state index in [1.165, 1.54) is 23.5 Å². The van der Waals surface area contributed by atoms with Gasteiger partial charge in [-0.3, -0.25) is 15.1 Å². The van der Waals surface area contributed by atoms with Crippen molar-refractivity contribution < 1.29 is 9.18 Å². The molecular formula is C24H17ClFN5OS. The molecule has 3 heterocycles. The fraction of sp³-hybridized carbons (Fsp3) is 0.0833. The summed E-state index contributed by atoms with van der Waals surface area (Å²) >= 11 is 7.16. The number of imidazole rings is 1. The molecule has 0 saturated carbocycles. The lowest BCUT2D eigenvalue weighted by molar-refractivity contribution is 0.102. The highest BCUT2D eigenvalue weighted by atomic mass is 35.5. The van der Waals surface area contributed by atoms with Crippen LogP contribution in [0.1, 0.15) is 16.2 Å². The molecule has 2 aromatic carbocycles. The number of nitrogens with zero attached hydrogens (tertiary/aromatic N) is 4. The highest BCUT2D eigenvalue weighted by molar-refractivity contribution is 7.13. The van der Waals surface area contributed by atoms with Crippen LogP contribution in [0.4, 0.5) is 10.3 Å². The summed E-state index contributed by atoms with van der Waals surface area (Å²) in [6.07, 6.45) is 2.45. The number of halogens is 2. The summed E-state index contributed by atoms with van der Waals surface area (Å²) in [5, 5.41) is 5.13. The second-order valence-electron chi connectivity index (χ2n) is 7.27. The van der Waals surface area contributed by atoms with Crippen LogP contribution < -0.4 is 5.32 Å². The van der Waals surface area contributed by atoms with Gasteiger partial charge in [-0.2, -0.15) is 0 Å². The van der Waals surface area contributed by atoms with Gasteiger partial charge in [0.15, 0.2) is 0 Å². The number of carbonyl (C=O) groups is 1. The average molecular weight is 478 g/mol. The van der Waals surface area contributed by atoms with Crippen molar-refractivity contribution in [3.63, 3.8) is 0 Å². The fourth-order valence-corrected chi connectivity index (χ4v) is 4.45. The summed E-state index contributed by atoms with van der Waals surface area (Å²) in [4.78, 5) is 26.3. The SMILES string of the molecule is O=C(Nc1nc2ccccc2n1CCc1ccccn1)c1csc(-c2ccc(F)c(Cl)c2)n1. The summed E-state index contributed by atoms with van der Waals surface area (Å²) < 4.78 is 15.4. The Morgan fingerprint density at radius 2 is 1.94 bits per heavy atom. The number of benzene rings is 2. The van der Waals surface area contributed by atoms with Crippen LogP contribution in [-0.4, -0.2) is 25.4 Å². The number of amides is 1. The van der Waals surface area contributed by atoms with Gasteiger partial charge in [0.05, 0.1) is 16.1 Å². The summed E-state index contributed by atoms with van der Waals surface area (Å²) in [6, 6.07) is 17.9. The minimum Gasteiger partial charge on any atom is -0.310 e. The van der Waals surface area contributed by atoms with E-state index in [0.717, 1.165) is 16.7 Å². The zero-order valence-electron chi connectivity index (χ0n) is 17.2. The highest BCUT2D eigenvalue weighted by Crippen LogP contribution is 2.28. The molecule has 0 aliphatic rings. The van der Waals surface area contributed by atoms with Gasteiger partial charge >= 0.3 is 0 Å². The van der Waals surface area contributed by atoms with Crippen molar-refractivity contribution in [2.24, 2.45) is 0 Å². The number of aromatic nitrogens is 4. The van der Waals surface area contributed by atoms with Crippen molar-refractivity contribution in [1.29, 1.82) is 0 Å². The van der Waals surface area contributed by atoms with Crippen LogP contribution in [0.2, 0.25) is 5.02 Å². The Balaban J connectivity index is 1.40. The van der Waals surface area contributed by atoms with E-state index < -0.39 is 5.82 Å². The molecule has 1 N–H and O–H groups in total. The molecule has 0 radical (unpaired) electrons. The van der Waals surface area contributed by atoms with Crippen molar-refractivity contribution in [3.05, 3.63) is 94.5 Å². The van der Waals surface area contributed by atoms with E-state index >= 15 is 0 Å². The maximum Gasteiger partial charge on any atom is 0.277 e. The molecule has 6 nitrogen and oxygen atoms in total. The third kappa shape index (κ3) is 4.48. The van der Waals surface area contributed by atoms with Gasteiger partial charge in [0.1, 0.15) is 16.5 Å². The molecule has 0 atom stereocenters. The third-order valence-electron chi connectivity index (χ3n) is 5.10. The van der Waals surface area contributed by atoms with Crippen LogP contribution in [0.5, 0.6) is 0 Å². The van der Waals surface area contributed by atoms with Crippen molar-refractivity contribution >= 4 is 45.8 Å². The van der Waals surface area contributed by atoms with E-state index in [9.17, 15) is 9.18 Å². The fourth-order valence-electron chi connectivity index (χ4n) is 3.47. The van der Waals surface area contributed by atoms with Crippen molar-refractivity contribution in [1.82, 2.24) is 19.5 Å². The number of anilines is 1. The van der Waals surface area contributed by atoms with Gasteiger partial charge in [-0.05, 0) is 42.5 Å². The van der Waals surface area contributed by atoms with E-state index in [2.05, 4.69) is 20.3 Å². The summed E-state index contributed by atoms with van der Waals surface area (Å²) in [6.45, 7) is 0.601. The van der Waals surface area contributed by atoms with Gasteiger partial charge in [-0.15, -0.1) is 11.3 Å². The Hall–Kier alpha value is -3.62. The maximum absolute atomic E-state index is 13.5. The lowest BCUT2D eigenvalue weighted by atomic mass is 10.2. The minimum absolute atomic E-state index is 0.00956. The molecule has 0 aliphatic carbocycles. The monoisotopic (exact) mass is 477 g/mol. The first kappa shape index (κ1) is 21.2. The standard InChI is InChI=1S/C24H17ClFN5OS/c25-17-13-15(8-9-18(17)26)23-28-20(14-33-23)22(32)30-24-29-19-6-1-2-7-21(19)31(24)12-10-16-5-3-4-11-27-16/h1-9,11,13-14H,10,12H2,(H,29,30,32). The van der Waals surface area contributed by atoms with Gasteiger partial charge in [-0.1, -0.05) is 29.8 Å². The number of para-hydroxylation sites is 2. The van der Waals surface area contributed by atoms with E-state index in [1.54, 1.807) is 17.6 Å². The van der Waals surface area contributed by atoms with Crippen LogP contribution in [0, 0.1) is 5.82 Å². The Bertz CT molecular complexity index is 1450. The number of nitrogens with one attached hydrogen (secondary N) is 1. The topological polar surface area (TPSA) is 72.7 Å². The van der Waals surface area contributed by atoms with E-state index in [-0.39, 0.29) is 16.6 Å². The molecular weight excluding hydrogens is 461 g/mol. The van der Waals surface area contributed by atoms with Gasteiger partial charge < -0.3 is 4.57 Å². The molecule has 0 aliphatic heterocycles. The minimum atomic E-state index is -0.500.